The molecule has 1 aliphatic rings. The van der Waals surface area contributed by atoms with Crippen molar-refractivity contribution in [1.82, 2.24) is 15.0 Å². The van der Waals surface area contributed by atoms with Crippen molar-refractivity contribution in [1.29, 1.82) is 0 Å². The molecule has 1 N–H and O–H groups in total. The first-order chi connectivity index (χ1) is 18.0. The summed E-state index contributed by atoms with van der Waals surface area (Å²) < 4.78 is 18.5. The lowest BCUT2D eigenvalue weighted by atomic mass is 9.96. The van der Waals surface area contributed by atoms with E-state index in [1.54, 1.807) is 23.9 Å². The summed E-state index contributed by atoms with van der Waals surface area (Å²) in [6.07, 6.45) is 1.51. The number of carbonyl (C=O) groups is 1. The van der Waals surface area contributed by atoms with Gasteiger partial charge in [0.15, 0.2) is 0 Å². The van der Waals surface area contributed by atoms with Crippen LogP contribution < -0.4 is 5.32 Å². The van der Waals surface area contributed by atoms with Gasteiger partial charge in [0.05, 0.1) is 12.2 Å². The van der Waals surface area contributed by atoms with E-state index in [2.05, 4.69) is 20.4 Å². The van der Waals surface area contributed by atoms with Crippen LogP contribution in [0.2, 0.25) is 5.02 Å². The van der Waals surface area contributed by atoms with Crippen molar-refractivity contribution in [3.63, 3.8) is 0 Å². The molecule has 1 aliphatic heterocycles. The summed E-state index contributed by atoms with van der Waals surface area (Å²) in [5, 5.41) is 7.88. The maximum Gasteiger partial charge on any atom is 0.241 e. The topological polar surface area (TPSA) is 71.3 Å². The van der Waals surface area contributed by atoms with E-state index in [-0.39, 0.29) is 17.6 Å². The van der Waals surface area contributed by atoms with Gasteiger partial charge in [0.25, 0.3) is 0 Å². The van der Waals surface area contributed by atoms with E-state index < -0.39 is 0 Å². The fourth-order valence-electron chi connectivity index (χ4n) is 4.25. The number of likely N-dealkylation sites (tertiary alicyclic amines) is 1. The monoisotopic (exact) mass is 536 g/mol. The average molecular weight is 537 g/mol. The van der Waals surface area contributed by atoms with Crippen LogP contribution in [0, 0.1) is 11.7 Å². The SMILES string of the molecule is O=C(Nc1ccccc1SCc1ccc(Cl)cc1)C1CCN(Cc2nc(-c3ccc(F)cc3)no2)CC1. The number of piperidine rings is 1. The number of rotatable bonds is 8. The van der Waals surface area contributed by atoms with Crippen LogP contribution in [0.15, 0.2) is 82.2 Å². The molecule has 2 heterocycles. The summed E-state index contributed by atoms with van der Waals surface area (Å²) in [6.45, 7) is 2.05. The molecule has 0 spiro atoms. The summed E-state index contributed by atoms with van der Waals surface area (Å²) in [5.74, 6) is 1.44. The van der Waals surface area contributed by atoms with Gasteiger partial charge in [-0.05, 0) is 80.0 Å². The van der Waals surface area contributed by atoms with Crippen LogP contribution in [0.25, 0.3) is 11.4 Å². The van der Waals surface area contributed by atoms with Crippen LogP contribution in [0.3, 0.4) is 0 Å². The smallest absolute Gasteiger partial charge is 0.241 e. The highest BCUT2D eigenvalue weighted by Crippen LogP contribution is 2.31. The zero-order chi connectivity index (χ0) is 25.6. The van der Waals surface area contributed by atoms with Gasteiger partial charge in [-0.1, -0.05) is 41.0 Å². The zero-order valence-corrected chi connectivity index (χ0v) is 21.6. The fraction of sp³-hybridized carbons (Fsp3) is 0.250. The minimum atomic E-state index is -0.306. The van der Waals surface area contributed by atoms with E-state index >= 15 is 0 Å². The Morgan fingerprint density at radius 3 is 2.54 bits per heavy atom. The lowest BCUT2D eigenvalue weighted by Crippen LogP contribution is -2.37. The first-order valence-corrected chi connectivity index (χ1v) is 13.5. The number of hydrogen-bond acceptors (Lipinski definition) is 6. The van der Waals surface area contributed by atoms with Crippen molar-refractivity contribution in [2.75, 3.05) is 18.4 Å². The first kappa shape index (κ1) is 25.4. The molecule has 6 nitrogen and oxygen atoms in total. The molecule has 37 heavy (non-hydrogen) atoms. The third-order valence-electron chi connectivity index (χ3n) is 6.34. The van der Waals surface area contributed by atoms with E-state index in [1.807, 2.05) is 48.5 Å². The second-order valence-electron chi connectivity index (χ2n) is 8.97. The predicted octanol–water partition coefficient (Wildman–Crippen LogP) is 6.67. The predicted molar refractivity (Wildman–Crippen MR) is 144 cm³/mol. The van der Waals surface area contributed by atoms with Crippen molar-refractivity contribution in [3.05, 3.63) is 95.1 Å². The van der Waals surface area contributed by atoms with Gasteiger partial charge in [0, 0.05) is 27.2 Å². The molecule has 190 valence electrons. The molecule has 0 aliphatic carbocycles. The highest BCUT2D eigenvalue weighted by atomic mass is 35.5. The zero-order valence-electron chi connectivity index (χ0n) is 20.1. The Kier molecular flexibility index (Phi) is 8.18. The number of halogens is 2. The molecule has 0 radical (unpaired) electrons. The Morgan fingerprint density at radius 2 is 1.78 bits per heavy atom. The Bertz CT molecular complexity index is 1340. The number of hydrogen-bond donors (Lipinski definition) is 1. The van der Waals surface area contributed by atoms with Crippen molar-refractivity contribution >= 4 is 35.0 Å². The van der Waals surface area contributed by atoms with Crippen molar-refractivity contribution in [2.45, 2.75) is 30.0 Å². The van der Waals surface area contributed by atoms with Gasteiger partial charge in [-0.3, -0.25) is 9.69 Å². The Morgan fingerprint density at radius 1 is 1.05 bits per heavy atom. The lowest BCUT2D eigenvalue weighted by Gasteiger charge is -2.30. The third kappa shape index (κ3) is 6.77. The Labute approximate surface area is 224 Å². The van der Waals surface area contributed by atoms with Crippen LogP contribution in [0.5, 0.6) is 0 Å². The molecular formula is C28H26ClFN4O2S. The second-order valence-corrected chi connectivity index (χ2v) is 10.4. The minimum Gasteiger partial charge on any atom is -0.338 e. The van der Waals surface area contributed by atoms with E-state index in [0.717, 1.165) is 47.3 Å². The molecule has 0 atom stereocenters. The fourth-order valence-corrected chi connectivity index (χ4v) is 5.34. The molecule has 0 bridgehead atoms. The van der Waals surface area contributed by atoms with Gasteiger partial charge in [0.2, 0.25) is 17.6 Å². The standard InChI is InChI=1S/C28H26ClFN4O2S/c29-22-9-5-19(6-10-22)18-37-25-4-2-1-3-24(25)31-28(35)21-13-15-34(16-14-21)17-26-32-27(33-36-26)20-7-11-23(30)12-8-20/h1-12,21H,13-18H2,(H,31,35). The maximum absolute atomic E-state index is 13.2. The van der Waals surface area contributed by atoms with E-state index in [4.69, 9.17) is 16.1 Å². The number of aromatic nitrogens is 2. The Balaban J connectivity index is 1.12. The molecule has 0 saturated carbocycles. The summed E-state index contributed by atoms with van der Waals surface area (Å²) in [4.78, 5) is 20.7. The molecule has 1 saturated heterocycles. The van der Waals surface area contributed by atoms with Gasteiger partial charge in [-0.2, -0.15) is 4.98 Å². The summed E-state index contributed by atoms with van der Waals surface area (Å²) in [6, 6.07) is 21.7. The van der Waals surface area contributed by atoms with E-state index in [9.17, 15) is 9.18 Å². The van der Waals surface area contributed by atoms with Crippen LogP contribution in [-0.4, -0.2) is 34.0 Å². The molecule has 1 fully saturated rings. The van der Waals surface area contributed by atoms with Gasteiger partial charge in [-0.25, -0.2) is 4.39 Å². The van der Waals surface area contributed by atoms with Crippen LogP contribution in [0.4, 0.5) is 10.1 Å². The first-order valence-electron chi connectivity index (χ1n) is 12.1. The molecule has 9 heteroatoms. The average Bonchev–Trinajstić information content (AvgIpc) is 3.38. The van der Waals surface area contributed by atoms with Crippen molar-refractivity contribution in [2.24, 2.45) is 5.92 Å². The normalized spacial score (nSPS) is 14.5. The lowest BCUT2D eigenvalue weighted by molar-refractivity contribution is -0.121. The molecule has 5 rings (SSSR count). The number of carbonyl (C=O) groups excluding carboxylic acids is 1. The number of nitrogens with one attached hydrogen (secondary N) is 1. The molecule has 1 amide bonds. The van der Waals surface area contributed by atoms with Gasteiger partial charge in [-0.15, -0.1) is 11.8 Å². The minimum absolute atomic E-state index is 0.0515. The largest absolute Gasteiger partial charge is 0.338 e. The van der Waals surface area contributed by atoms with Crippen molar-refractivity contribution < 1.29 is 13.7 Å². The van der Waals surface area contributed by atoms with Gasteiger partial charge in [0.1, 0.15) is 5.82 Å². The third-order valence-corrected chi connectivity index (χ3v) is 7.74. The van der Waals surface area contributed by atoms with Crippen LogP contribution in [-0.2, 0) is 17.1 Å². The number of para-hydroxylation sites is 1. The highest BCUT2D eigenvalue weighted by Gasteiger charge is 2.26. The summed E-state index contributed by atoms with van der Waals surface area (Å²) in [7, 11) is 0. The quantitative estimate of drug-likeness (QED) is 0.253. The Hall–Kier alpha value is -3.20. The maximum atomic E-state index is 13.2. The molecule has 0 unspecified atom stereocenters. The van der Waals surface area contributed by atoms with Crippen molar-refractivity contribution in [3.8, 4) is 11.4 Å². The molecule has 3 aromatic carbocycles. The van der Waals surface area contributed by atoms with Gasteiger partial charge < -0.3 is 9.84 Å². The van der Waals surface area contributed by atoms with Crippen LogP contribution in [0.1, 0.15) is 24.3 Å². The summed E-state index contributed by atoms with van der Waals surface area (Å²) >= 11 is 7.67. The molecular weight excluding hydrogens is 511 g/mol. The highest BCUT2D eigenvalue weighted by molar-refractivity contribution is 7.98. The number of anilines is 1. The number of thioether (sulfide) groups is 1. The van der Waals surface area contributed by atoms with E-state index in [1.165, 1.54) is 17.7 Å². The molecule has 1 aromatic heterocycles. The second kappa shape index (κ2) is 11.9. The number of benzene rings is 3. The number of amides is 1. The summed E-state index contributed by atoms with van der Waals surface area (Å²) in [5.41, 5.74) is 2.72. The molecule has 4 aromatic rings. The van der Waals surface area contributed by atoms with Gasteiger partial charge >= 0.3 is 0 Å². The van der Waals surface area contributed by atoms with E-state index in [0.29, 0.717) is 23.8 Å². The number of nitrogens with zero attached hydrogens (tertiary/aromatic N) is 3. The van der Waals surface area contributed by atoms with Crippen LogP contribution >= 0.6 is 23.4 Å².